The van der Waals surface area contributed by atoms with Crippen LogP contribution in [0.1, 0.15) is 18.1 Å². The Bertz CT molecular complexity index is 294. The van der Waals surface area contributed by atoms with Crippen LogP contribution in [0.25, 0.3) is 0 Å². The van der Waals surface area contributed by atoms with Crippen molar-refractivity contribution in [2.24, 2.45) is 0 Å². The Morgan fingerprint density at radius 1 is 1.46 bits per heavy atom. The van der Waals surface area contributed by atoms with Crippen LogP contribution < -0.4 is 0 Å². The second-order valence-electron chi connectivity index (χ2n) is 2.65. The molecule has 0 aliphatic carbocycles. The van der Waals surface area contributed by atoms with Crippen LogP contribution in [-0.4, -0.2) is 10.0 Å². The van der Waals surface area contributed by atoms with E-state index in [1.54, 1.807) is 0 Å². The molecule has 1 rings (SSSR count). The van der Waals surface area contributed by atoms with E-state index in [1.165, 1.54) is 24.3 Å². The van der Waals surface area contributed by atoms with Gasteiger partial charge in [-0.3, -0.25) is 10.1 Å². The molecule has 0 aromatic heterocycles. The Morgan fingerprint density at radius 2 is 2.00 bits per heavy atom. The maximum atomic E-state index is 10.3. The van der Waals surface area contributed by atoms with Gasteiger partial charge < -0.3 is 5.11 Å². The lowest BCUT2D eigenvalue weighted by Crippen LogP contribution is -1.95. The van der Waals surface area contributed by atoms with Crippen molar-refractivity contribution in [2.45, 2.75) is 12.5 Å². The Hall–Kier alpha value is -1.42. The highest BCUT2D eigenvalue weighted by Crippen LogP contribution is 2.19. The fourth-order valence-electron chi connectivity index (χ4n) is 0.985. The van der Waals surface area contributed by atoms with Crippen LogP contribution in [0.4, 0.5) is 5.69 Å². The maximum Gasteiger partial charge on any atom is 0.269 e. The van der Waals surface area contributed by atoms with Crippen LogP contribution in [-0.2, 0) is 0 Å². The lowest BCUT2D eigenvalue weighted by Gasteiger charge is -2.06. The minimum Gasteiger partial charge on any atom is -0.388 e. The fourth-order valence-corrected chi connectivity index (χ4v) is 0.985. The Kier molecular flexibility index (Phi) is 2.97. The molecule has 1 unspecified atom stereocenters. The summed E-state index contributed by atoms with van der Waals surface area (Å²) >= 11 is 0. The molecule has 0 fully saturated rings. The highest BCUT2D eigenvalue weighted by molar-refractivity contribution is 5.33. The first-order valence-corrected chi connectivity index (χ1v) is 3.87. The van der Waals surface area contributed by atoms with Gasteiger partial charge in [-0.25, -0.2) is 0 Å². The number of hydrogen-bond acceptors (Lipinski definition) is 3. The summed E-state index contributed by atoms with van der Waals surface area (Å²) in [6.45, 7) is 3.54. The fraction of sp³-hybridized carbons (Fsp3) is 0.222. The van der Waals surface area contributed by atoms with Crippen molar-refractivity contribution in [3.8, 4) is 0 Å². The number of nitro groups is 1. The third-order valence-corrected chi connectivity index (χ3v) is 1.76. The van der Waals surface area contributed by atoms with Gasteiger partial charge in [0.15, 0.2) is 0 Å². The Balaban J connectivity index is 2.87. The number of non-ortho nitro benzene ring substituents is 1. The van der Waals surface area contributed by atoms with Gasteiger partial charge in [-0.15, -0.1) is 0 Å². The molecule has 1 N–H and O–H groups in total. The van der Waals surface area contributed by atoms with Gasteiger partial charge >= 0.3 is 0 Å². The minimum absolute atomic E-state index is 0.0278. The van der Waals surface area contributed by atoms with Crippen LogP contribution in [0.3, 0.4) is 0 Å². The molecule has 4 heteroatoms. The smallest absolute Gasteiger partial charge is 0.269 e. The molecule has 0 aliphatic rings. The molecule has 0 aliphatic heterocycles. The van der Waals surface area contributed by atoms with E-state index >= 15 is 0 Å². The van der Waals surface area contributed by atoms with Gasteiger partial charge in [0.05, 0.1) is 11.0 Å². The molecule has 13 heavy (non-hydrogen) atoms. The summed E-state index contributed by atoms with van der Waals surface area (Å²) in [7, 11) is 0. The monoisotopic (exact) mass is 180 g/mol. The average Bonchev–Trinajstić information content (AvgIpc) is 2.17. The summed E-state index contributed by atoms with van der Waals surface area (Å²) in [5, 5.41) is 19.6. The molecule has 0 saturated carbocycles. The molecule has 0 saturated heterocycles. The Morgan fingerprint density at radius 3 is 2.38 bits per heavy atom. The van der Waals surface area contributed by atoms with Crippen molar-refractivity contribution in [2.75, 3.05) is 0 Å². The largest absolute Gasteiger partial charge is 0.388 e. The van der Waals surface area contributed by atoms with E-state index in [-0.39, 0.29) is 5.69 Å². The van der Waals surface area contributed by atoms with E-state index in [9.17, 15) is 15.2 Å². The first-order chi connectivity index (χ1) is 6.15. The van der Waals surface area contributed by atoms with Crippen molar-refractivity contribution in [1.29, 1.82) is 0 Å². The number of hydrogen-bond donors (Lipinski definition) is 1. The maximum absolute atomic E-state index is 10.3. The number of aliphatic hydroxyl groups is 1. The van der Waals surface area contributed by atoms with Gasteiger partial charge in [0.25, 0.3) is 5.69 Å². The van der Waals surface area contributed by atoms with Crippen LogP contribution in [0.2, 0.25) is 0 Å². The second-order valence-corrected chi connectivity index (χ2v) is 2.65. The molecule has 0 amide bonds. The summed E-state index contributed by atoms with van der Waals surface area (Å²) in [5.74, 6) is 0. The highest BCUT2D eigenvalue weighted by Gasteiger charge is 2.07. The number of rotatable bonds is 3. The van der Waals surface area contributed by atoms with Crippen molar-refractivity contribution >= 4 is 5.69 Å². The quantitative estimate of drug-likeness (QED) is 0.570. The van der Waals surface area contributed by atoms with E-state index in [0.717, 1.165) is 0 Å². The molecule has 0 bridgehead atoms. The molecule has 1 aromatic rings. The number of nitro benzene ring substituents is 1. The third-order valence-electron chi connectivity index (χ3n) is 1.76. The van der Waals surface area contributed by atoms with Gasteiger partial charge in [0, 0.05) is 12.1 Å². The number of nitrogens with zero attached hydrogens (tertiary/aromatic N) is 1. The first-order valence-electron chi connectivity index (χ1n) is 3.87. The molecule has 4 nitrogen and oxygen atoms in total. The molecular formula is C9H10NO3. The topological polar surface area (TPSA) is 63.4 Å². The SMILES string of the molecule is [CH2]CC(O)c1ccc([N+](=O)[O-])cc1. The van der Waals surface area contributed by atoms with Gasteiger partial charge in [-0.1, -0.05) is 6.92 Å². The predicted octanol–water partition coefficient (Wildman–Crippen LogP) is 1.85. The van der Waals surface area contributed by atoms with E-state index < -0.39 is 11.0 Å². The van der Waals surface area contributed by atoms with Crippen molar-refractivity contribution in [1.82, 2.24) is 0 Å². The summed E-state index contributed by atoms with van der Waals surface area (Å²) in [5.41, 5.74) is 0.681. The molecule has 0 heterocycles. The minimum atomic E-state index is -0.638. The Labute approximate surface area is 76.0 Å². The van der Waals surface area contributed by atoms with Crippen LogP contribution >= 0.6 is 0 Å². The summed E-state index contributed by atoms with van der Waals surface area (Å²) in [6, 6.07) is 5.81. The molecule has 1 atom stereocenters. The van der Waals surface area contributed by atoms with Gasteiger partial charge in [0.1, 0.15) is 0 Å². The summed E-state index contributed by atoms with van der Waals surface area (Å²) in [4.78, 5) is 9.81. The lowest BCUT2D eigenvalue weighted by molar-refractivity contribution is -0.384. The van der Waals surface area contributed by atoms with Gasteiger partial charge in [0.2, 0.25) is 0 Å². The molecule has 1 aromatic carbocycles. The molecule has 1 radical (unpaired) electrons. The zero-order valence-electron chi connectivity index (χ0n) is 7.01. The zero-order chi connectivity index (χ0) is 9.84. The van der Waals surface area contributed by atoms with Crippen molar-refractivity contribution in [3.05, 3.63) is 46.9 Å². The summed E-state index contributed by atoms with van der Waals surface area (Å²) in [6.07, 6.45) is -0.279. The van der Waals surface area contributed by atoms with Crippen LogP contribution in [0.15, 0.2) is 24.3 Å². The predicted molar refractivity (Wildman–Crippen MR) is 48.0 cm³/mol. The molecule has 0 spiro atoms. The van der Waals surface area contributed by atoms with Crippen molar-refractivity contribution in [3.63, 3.8) is 0 Å². The first kappa shape index (κ1) is 9.67. The molecule has 69 valence electrons. The number of benzene rings is 1. The average molecular weight is 180 g/mol. The van der Waals surface area contributed by atoms with E-state index in [0.29, 0.717) is 12.0 Å². The lowest BCUT2D eigenvalue weighted by atomic mass is 10.1. The second kappa shape index (κ2) is 4.00. The van der Waals surface area contributed by atoms with E-state index in [1.807, 2.05) is 0 Å². The van der Waals surface area contributed by atoms with Crippen LogP contribution in [0, 0.1) is 17.0 Å². The standard InChI is InChI=1S/C9H10NO3/c1-2-9(11)7-3-5-8(6-4-7)10(12)13/h3-6,9,11H,1-2H2. The van der Waals surface area contributed by atoms with E-state index in [4.69, 9.17) is 0 Å². The van der Waals surface area contributed by atoms with Gasteiger partial charge in [-0.05, 0) is 24.1 Å². The summed E-state index contributed by atoms with van der Waals surface area (Å²) < 4.78 is 0. The highest BCUT2D eigenvalue weighted by atomic mass is 16.6. The third kappa shape index (κ3) is 2.26. The van der Waals surface area contributed by atoms with Crippen molar-refractivity contribution < 1.29 is 10.0 Å². The van der Waals surface area contributed by atoms with E-state index in [2.05, 4.69) is 6.92 Å². The normalized spacial score (nSPS) is 12.5. The molecular weight excluding hydrogens is 170 g/mol. The zero-order valence-corrected chi connectivity index (χ0v) is 7.01. The number of aliphatic hydroxyl groups excluding tert-OH is 1. The van der Waals surface area contributed by atoms with Gasteiger partial charge in [-0.2, -0.15) is 0 Å². The van der Waals surface area contributed by atoms with Crippen LogP contribution in [0.5, 0.6) is 0 Å².